The molecule has 0 heterocycles. The van der Waals surface area contributed by atoms with Crippen LogP contribution in [0.4, 0.5) is 11.4 Å². The lowest BCUT2D eigenvalue weighted by atomic mass is 10.2. The van der Waals surface area contributed by atoms with Crippen molar-refractivity contribution in [3.05, 3.63) is 33.9 Å². The van der Waals surface area contributed by atoms with E-state index in [9.17, 15) is 10.1 Å². The third-order valence-electron chi connectivity index (χ3n) is 2.87. The molecule has 1 aromatic rings. The summed E-state index contributed by atoms with van der Waals surface area (Å²) in [6.07, 6.45) is 0. The lowest BCUT2D eigenvalue weighted by molar-refractivity contribution is -0.384. The normalized spacial score (nSPS) is 12.5. The number of benzene rings is 1. The van der Waals surface area contributed by atoms with E-state index in [-0.39, 0.29) is 5.69 Å². The van der Waals surface area contributed by atoms with Crippen LogP contribution in [-0.4, -0.2) is 10.2 Å². The monoisotopic (exact) mass is 269 g/mol. The summed E-state index contributed by atoms with van der Waals surface area (Å²) in [5.74, 6) is 6.60. The lowest BCUT2D eigenvalue weighted by Crippen LogP contribution is -2.09. The lowest BCUT2D eigenvalue weighted by Gasteiger charge is -2.14. The molecule has 100 valence electrons. The second-order valence-electron chi connectivity index (χ2n) is 4.51. The van der Waals surface area contributed by atoms with Crippen LogP contribution in [0.3, 0.4) is 0 Å². The van der Waals surface area contributed by atoms with Crippen molar-refractivity contribution in [2.24, 2.45) is 11.8 Å². The zero-order valence-corrected chi connectivity index (χ0v) is 11.7. The van der Waals surface area contributed by atoms with Crippen LogP contribution in [-0.2, 0) is 5.75 Å². The molecule has 1 rings (SSSR count). The second kappa shape index (κ2) is 6.61. The van der Waals surface area contributed by atoms with Crippen molar-refractivity contribution in [2.45, 2.75) is 31.8 Å². The van der Waals surface area contributed by atoms with Crippen LogP contribution in [0.25, 0.3) is 0 Å². The highest BCUT2D eigenvalue weighted by molar-refractivity contribution is 7.99. The Bertz CT molecular complexity index is 424. The van der Waals surface area contributed by atoms with Crippen LogP contribution in [0.15, 0.2) is 18.2 Å². The minimum absolute atomic E-state index is 0.0211. The van der Waals surface area contributed by atoms with E-state index >= 15 is 0 Å². The first-order valence-corrected chi connectivity index (χ1v) is 6.86. The SMILES string of the molecule is CC(C)C(C)SCc1ccc(NN)c([N+](=O)[O-])c1. The van der Waals surface area contributed by atoms with E-state index in [0.717, 1.165) is 11.3 Å². The largest absolute Gasteiger partial charge is 0.318 e. The van der Waals surface area contributed by atoms with Gasteiger partial charge in [0.05, 0.1) is 4.92 Å². The molecular weight excluding hydrogens is 250 g/mol. The summed E-state index contributed by atoms with van der Waals surface area (Å²) >= 11 is 1.80. The smallest absolute Gasteiger partial charge is 0.293 e. The number of nitrogen functional groups attached to an aromatic ring is 1. The molecule has 0 fully saturated rings. The number of nitrogens with two attached hydrogens (primary N) is 1. The molecule has 0 saturated heterocycles. The molecule has 0 amide bonds. The standard InChI is InChI=1S/C12H19N3O2S/c1-8(2)9(3)18-7-10-4-5-11(14-13)12(6-10)15(16)17/h4-6,8-9,14H,7,13H2,1-3H3. The van der Waals surface area contributed by atoms with Crippen molar-refractivity contribution in [3.63, 3.8) is 0 Å². The maximum atomic E-state index is 10.9. The molecule has 0 spiro atoms. The second-order valence-corrected chi connectivity index (χ2v) is 5.88. The first-order valence-electron chi connectivity index (χ1n) is 5.81. The van der Waals surface area contributed by atoms with E-state index in [1.807, 2.05) is 6.07 Å². The van der Waals surface area contributed by atoms with Gasteiger partial charge in [-0.1, -0.05) is 26.8 Å². The zero-order chi connectivity index (χ0) is 13.7. The third-order valence-corrected chi connectivity index (χ3v) is 4.44. The van der Waals surface area contributed by atoms with Gasteiger partial charge in [-0.3, -0.25) is 16.0 Å². The van der Waals surface area contributed by atoms with E-state index in [1.165, 1.54) is 0 Å². The summed E-state index contributed by atoms with van der Waals surface area (Å²) < 4.78 is 0. The Morgan fingerprint density at radius 1 is 1.44 bits per heavy atom. The maximum absolute atomic E-state index is 10.9. The van der Waals surface area contributed by atoms with Gasteiger partial charge in [0.2, 0.25) is 0 Å². The summed E-state index contributed by atoms with van der Waals surface area (Å²) in [5.41, 5.74) is 3.64. The molecule has 3 N–H and O–H groups in total. The average molecular weight is 269 g/mol. The number of hydrogen-bond donors (Lipinski definition) is 2. The number of anilines is 1. The molecule has 18 heavy (non-hydrogen) atoms. The number of thioether (sulfide) groups is 1. The van der Waals surface area contributed by atoms with Gasteiger partial charge in [0, 0.05) is 17.1 Å². The Balaban J connectivity index is 2.79. The predicted molar refractivity (Wildman–Crippen MR) is 76.5 cm³/mol. The van der Waals surface area contributed by atoms with Gasteiger partial charge in [0.25, 0.3) is 5.69 Å². The molecule has 0 bridgehead atoms. The van der Waals surface area contributed by atoms with E-state index in [0.29, 0.717) is 16.9 Å². The fourth-order valence-corrected chi connectivity index (χ4v) is 2.38. The maximum Gasteiger partial charge on any atom is 0.293 e. The highest BCUT2D eigenvalue weighted by atomic mass is 32.2. The number of nitrogens with zero attached hydrogens (tertiary/aromatic N) is 1. The summed E-state index contributed by atoms with van der Waals surface area (Å²) in [7, 11) is 0. The minimum atomic E-state index is -0.421. The van der Waals surface area contributed by atoms with Crippen LogP contribution < -0.4 is 11.3 Å². The highest BCUT2D eigenvalue weighted by Crippen LogP contribution is 2.28. The first-order chi connectivity index (χ1) is 8.45. The van der Waals surface area contributed by atoms with Crippen LogP contribution in [0, 0.1) is 16.0 Å². The van der Waals surface area contributed by atoms with Crippen molar-refractivity contribution in [3.8, 4) is 0 Å². The number of hydrogen-bond acceptors (Lipinski definition) is 5. The van der Waals surface area contributed by atoms with Crippen LogP contribution in [0.1, 0.15) is 26.3 Å². The van der Waals surface area contributed by atoms with Crippen molar-refractivity contribution < 1.29 is 4.92 Å². The topological polar surface area (TPSA) is 81.2 Å². The molecule has 0 aliphatic heterocycles. The molecule has 5 nitrogen and oxygen atoms in total. The highest BCUT2D eigenvalue weighted by Gasteiger charge is 2.14. The van der Waals surface area contributed by atoms with Crippen molar-refractivity contribution in [1.29, 1.82) is 0 Å². The molecular formula is C12H19N3O2S. The van der Waals surface area contributed by atoms with Gasteiger partial charge >= 0.3 is 0 Å². The van der Waals surface area contributed by atoms with Gasteiger partial charge in [0.15, 0.2) is 0 Å². The Kier molecular flexibility index (Phi) is 5.43. The van der Waals surface area contributed by atoms with Crippen molar-refractivity contribution in [1.82, 2.24) is 0 Å². The number of nitro benzene ring substituents is 1. The summed E-state index contributed by atoms with van der Waals surface area (Å²) in [6.45, 7) is 6.50. The van der Waals surface area contributed by atoms with Crippen LogP contribution >= 0.6 is 11.8 Å². The molecule has 6 heteroatoms. The fourth-order valence-electron chi connectivity index (χ4n) is 1.36. The van der Waals surface area contributed by atoms with Crippen molar-refractivity contribution >= 4 is 23.1 Å². The Morgan fingerprint density at radius 3 is 2.61 bits per heavy atom. The molecule has 0 aliphatic carbocycles. The number of nitro groups is 1. The Hall–Kier alpha value is -1.27. The predicted octanol–water partition coefficient (Wildman–Crippen LogP) is 3.16. The summed E-state index contributed by atoms with van der Waals surface area (Å²) in [5, 5.41) is 11.4. The molecule has 1 aromatic carbocycles. The fraction of sp³-hybridized carbons (Fsp3) is 0.500. The Morgan fingerprint density at radius 2 is 2.11 bits per heavy atom. The molecule has 0 saturated carbocycles. The molecule has 0 aliphatic rings. The van der Waals surface area contributed by atoms with Gasteiger partial charge < -0.3 is 5.43 Å². The van der Waals surface area contributed by atoms with E-state index in [1.54, 1.807) is 23.9 Å². The van der Waals surface area contributed by atoms with E-state index in [2.05, 4.69) is 26.2 Å². The van der Waals surface area contributed by atoms with Gasteiger partial charge in [-0.25, -0.2) is 0 Å². The van der Waals surface area contributed by atoms with E-state index in [4.69, 9.17) is 5.84 Å². The van der Waals surface area contributed by atoms with Gasteiger partial charge in [0.1, 0.15) is 5.69 Å². The molecule has 0 aromatic heterocycles. The molecule has 0 radical (unpaired) electrons. The number of rotatable bonds is 6. The zero-order valence-electron chi connectivity index (χ0n) is 10.8. The summed E-state index contributed by atoms with van der Waals surface area (Å²) in [4.78, 5) is 10.5. The number of hydrazine groups is 1. The van der Waals surface area contributed by atoms with Gasteiger partial charge in [-0.2, -0.15) is 11.8 Å². The third kappa shape index (κ3) is 3.89. The Labute approximate surface area is 111 Å². The first kappa shape index (κ1) is 14.8. The molecule has 1 atom stereocenters. The average Bonchev–Trinajstić information content (AvgIpc) is 2.35. The quantitative estimate of drug-likeness (QED) is 0.471. The van der Waals surface area contributed by atoms with Crippen molar-refractivity contribution in [2.75, 3.05) is 5.43 Å². The van der Waals surface area contributed by atoms with E-state index < -0.39 is 4.92 Å². The minimum Gasteiger partial charge on any atom is -0.318 e. The van der Waals surface area contributed by atoms with Gasteiger partial charge in [-0.15, -0.1) is 0 Å². The molecule has 1 unspecified atom stereocenters. The van der Waals surface area contributed by atoms with Crippen LogP contribution in [0.5, 0.6) is 0 Å². The number of nitrogens with one attached hydrogen (secondary N) is 1. The van der Waals surface area contributed by atoms with Gasteiger partial charge in [-0.05, 0) is 17.5 Å². The summed E-state index contributed by atoms with van der Waals surface area (Å²) in [6, 6.07) is 5.09. The van der Waals surface area contributed by atoms with Crippen LogP contribution in [0.2, 0.25) is 0 Å².